The molecule has 0 aromatic carbocycles. The normalized spacial score (nSPS) is 34.0. The van der Waals surface area contributed by atoms with Gasteiger partial charge in [-0.2, -0.15) is 0 Å². The Balaban J connectivity index is 1.79. The molecule has 2 fully saturated rings. The van der Waals surface area contributed by atoms with Gasteiger partial charge in [0.2, 0.25) is 0 Å². The molecule has 1 saturated carbocycles. The Morgan fingerprint density at radius 2 is 2.14 bits per heavy atom. The Morgan fingerprint density at radius 3 is 2.86 bits per heavy atom. The zero-order valence-electron chi connectivity index (χ0n) is 12.7. The summed E-state index contributed by atoms with van der Waals surface area (Å²) < 4.78 is 11.1. The maximum absolute atomic E-state index is 12.9. The summed E-state index contributed by atoms with van der Waals surface area (Å²) in [6.45, 7) is 4.32. The second-order valence-electron chi connectivity index (χ2n) is 6.29. The molecule has 0 aromatic rings. The van der Waals surface area contributed by atoms with Gasteiger partial charge in [0.25, 0.3) is 5.91 Å². The fourth-order valence-electron chi connectivity index (χ4n) is 3.82. The van der Waals surface area contributed by atoms with E-state index in [1.807, 2.05) is 11.8 Å². The van der Waals surface area contributed by atoms with Gasteiger partial charge in [0, 0.05) is 12.5 Å². The highest BCUT2D eigenvalue weighted by molar-refractivity contribution is 5.94. The number of amides is 1. The van der Waals surface area contributed by atoms with E-state index in [0.717, 1.165) is 43.4 Å². The van der Waals surface area contributed by atoms with Gasteiger partial charge in [-0.05, 0) is 32.6 Å². The highest BCUT2D eigenvalue weighted by Crippen LogP contribution is 2.33. The van der Waals surface area contributed by atoms with Crippen LogP contribution in [0.1, 0.15) is 39.0 Å². The second-order valence-corrected chi connectivity index (χ2v) is 6.29. The Morgan fingerprint density at radius 1 is 1.29 bits per heavy atom. The molecule has 2 aliphatic heterocycles. The summed E-state index contributed by atoms with van der Waals surface area (Å²) in [7, 11) is 0. The lowest BCUT2D eigenvalue weighted by Gasteiger charge is -2.41. The number of hydrogen-bond acceptors (Lipinski definition) is 4. The molecule has 3 aliphatic rings. The number of allylic oxidation sites excluding steroid dienone is 1. The molecule has 118 valence electrons. The van der Waals surface area contributed by atoms with Crippen LogP contribution in [0.5, 0.6) is 0 Å². The van der Waals surface area contributed by atoms with Gasteiger partial charge >= 0.3 is 0 Å². The number of aliphatic hydroxyl groups excluding tert-OH is 1. The quantitative estimate of drug-likeness (QED) is 0.838. The van der Waals surface area contributed by atoms with Crippen molar-refractivity contribution in [2.75, 3.05) is 26.4 Å². The molecule has 5 nitrogen and oxygen atoms in total. The van der Waals surface area contributed by atoms with Gasteiger partial charge in [0.05, 0.1) is 37.5 Å². The summed E-state index contributed by atoms with van der Waals surface area (Å²) >= 11 is 0. The molecule has 2 heterocycles. The minimum Gasteiger partial charge on any atom is -0.498 e. The largest absolute Gasteiger partial charge is 0.498 e. The maximum atomic E-state index is 12.9. The first-order valence-electron chi connectivity index (χ1n) is 8.08. The van der Waals surface area contributed by atoms with Crippen LogP contribution in [0.2, 0.25) is 0 Å². The highest BCUT2D eigenvalue weighted by Gasteiger charge is 2.40. The van der Waals surface area contributed by atoms with Crippen molar-refractivity contribution in [2.24, 2.45) is 5.92 Å². The van der Waals surface area contributed by atoms with Crippen LogP contribution in [0.25, 0.3) is 0 Å². The van der Waals surface area contributed by atoms with Crippen LogP contribution in [-0.4, -0.2) is 54.4 Å². The average molecular weight is 295 g/mol. The minimum absolute atomic E-state index is 0.00553. The van der Waals surface area contributed by atoms with Crippen molar-refractivity contribution < 1.29 is 19.4 Å². The van der Waals surface area contributed by atoms with Crippen molar-refractivity contribution in [3.63, 3.8) is 0 Å². The molecule has 21 heavy (non-hydrogen) atoms. The summed E-state index contributed by atoms with van der Waals surface area (Å²) in [5.41, 5.74) is 0.806. The average Bonchev–Trinajstić information content (AvgIpc) is 2.93. The fraction of sp³-hybridized carbons (Fsp3) is 0.812. The van der Waals surface area contributed by atoms with Crippen LogP contribution in [0, 0.1) is 5.92 Å². The fourth-order valence-corrected chi connectivity index (χ4v) is 3.82. The van der Waals surface area contributed by atoms with Gasteiger partial charge < -0.3 is 19.5 Å². The lowest BCUT2D eigenvalue weighted by Crippen LogP contribution is -2.54. The van der Waals surface area contributed by atoms with E-state index in [-0.39, 0.29) is 24.0 Å². The van der Waals surface area contributed by atoms with E-state index < -0.39 is 0 Å². The van der Waals surface area contributed by atoms with Gasteiger partial charge in [0.1, 0.15) is 5.76 Å². The minimum atomic E-state index is -0.301. The van der Waals surface area contributed by atoms with E-state index >= 15 is 0 Å². The number of nitrogens with zero attached hydrogens (tertiary/aromatic N) is 1. The molecule has 1 saturated heterocycles. The predicted molar refractivity (Wildman–Crippen MR) is 77.6 cm³/mol. The molecule has 0 spiro atoms. The van der Waals surface area contributed by atoms with E-state index in [4.69, 9.17) is 9.47 Å². The van der Waals surface area contributed by atoms with E-state index in [0.29, 0.717) is 26.4 Å². The molecule has 3 atom stereocenters. The van der Waals surface area contributed by atoms with E-state index in [1.54, 1.807) is 0 Å². The van der Waals surface area contributed by atoms with Crippen LogP contribution in [-0.2, 0) is 14.3 Å². The van der Waals surface area contributed by atoms with Crippen LogP contribution >= 0.6 is 0 Å². The Kier molecular flexibility index (Phi) is 4.50. The number of carbonyl (C=O) groups excluding carboxylic acids is 1. The first kappa shape index (κ1) is 14.9. The zero-order valence-corrected chi connectivity index (χ0v) is 12.7. The van der Waals surface area contributed by atoms with Crippen molar-refractivity contribution >= 4 is 5.91 Å². The van der Waals surface area contributed by atoms with Gasteiger partial charge in [0.15, 0.2) is 0 Å². The molecule has 1 N–H and O–H groups in total. The molecular formula is C16H25NO4. The Bertz CT molecular complexity index is 434. The monoisotopic (exact) mass is 295 g/mol. The molecule has 5 heteroatoms. The van der Waals surface area contributed by atoms with Crippen LogP contribution in [0.4, 0.5) is 0 Å². The maximum Gasteiger partial charge on any atom is 0.253 e. The number of rotatable bonds is 2. The molecule has 3 rings (SSSR count). The van der Waals surface area contributed by atoms with Crippen molar-refractivity contribution in [3.05, 3.63) is 11.3 Å². The molecule has 3 unspecified atom stereocenters. The summed E-state index contributed by atoms with van der Waals surface area (Å²) in [4.78, 5) is 14.8. The van der Waals surface area contributed by atoms with Crippen LogP contribution < -0.4 is 0 Å². The lowest BCUT2D eigenvalue weighted by molar-refractivity contribution is -0.140. The summed E-state index contributed by atoms with van der Waals surface area (Å²) in [6.07, 6.45) is 4.25. The molecule has 1 aliphatic carbocycles. The van der Waals surface area contributed by atoms with Crippen molar-refractivity contribution in [3.8, 4) is 0 Å². The van der Waals surface area contributed by atoms with Gasteiger partial charge in [-0.25, -0.2) is 0 Å². The Labute approximate surface area is 125 Å². The standard InChI is InChI=1S/C16H25NO4/c1-11-12(5-3-8-21-11)16(19)17-7-9-20-10-14(17)13-4-2-6-15(13)18/h13-15,18H,2-10H2,1H3. The topological polar surface area (TPSA) is 59.0 Å². The number of ether oxygens (including phenoxy) is 2. The lowest BCUT2D eigenvalue weighted by atomic mass is 9.93. The third kappa shape index (κ3) is 2.94. The highest BCUT2D eigenvalue weighted by atomic mass is 16.5. The smallest absolute Gasteiger partial charge is 0.253 e. The van der Waals surface area contributed by atoms with Crippen molar-refractivity contribution in [1.29, 1.82) is 0 Å². The molecular weight excluding hydrogens is 270 g/mol. The number of hydrogen-bond donors (Lipinski definition) is 1. The molecule has 1 amide bonds. The SMILES string of the molecule is CC1=C(C(=O)N2CCOCC2C2CCCC2O)CCCO1. The van der Waals surface area contributed by atoms with E-state index in [1.165, 1.54) is 0 Å². The number of morpholine rings is 1. The summed E-state index contributed by atoms with van der Waals surface area (Å²) in [6, 6.07) is 0.00553. The molecule has 0 radical (unpaired) electrons. The summed E-state index contributed by atoms with van der Waals surface area (Å²) in [5, 5.41) is 10.2. The number of carbonyl (C=O) groups is 1. The zero-order chi connectivity index (χ0) is 14.8. The first-order chi connectivity index (χ1) is 10.2. The van der Waals surface area contributed by atoms with Crippen molar-refractivity contribution in [1.82, 2.24) is 4.90 Å². The second kappa shape index (κ2) is 6.36. The van der Waals surface area contributed by atoms with Crippen molar-refractivity contribution in [2.45, 2.75) is 51.2 Å². The third-order valence-corrected chi connectivity index (χ3v) is 5.02. The van der Waals surface area contributed by atoms with Gasteiger partial charge in [-0.1, -0.05) is 6.42 Å². The third-order valence-electron chi connectivity index (χ3n) is 5.02. The molecule has 0 aromatic heterocycles. The van der Waals surface area contributed by atoms with E-state index in [2.05, 4.69) is 0 Å². The van der Waals surface area contributed by atoms with E-state index in [9.17, 15) is 9.90 Å². The van der Waals surface area contributed by atoms with Gasteiger partial charge in [-0.3, -0.25) is 4.79 Å². The Hall–Kier alpha value is -1.07. The van der Waals surface area contributed by atoms with Crippen LogP contribution in [0.3, 0.4) is 0 Å². The predicted octanol–water partition coefficient (Wildman–Crippen LogP) is 1.46. The first-order valence-corrected chi connectivity index (χ1v) is 8.08. The summed E-state index contributed by atoms with van der Waals surface area (Å²) in [5.74, 6) is 1.00. The van der Waals surface area contributed by atoms with Crippen LogP contribution in [0.15, 0.2) is 11.3 Å². The van der Waals surface area contributed by atoms with Gasteiger partial charge in [-0.15, -0.1) is 0 Å². The molecule has 0 bridgehead atoms. The number of aliphatic hydroxyl groups is 1.